The van der Waals surface area contributed by atoms with Crippen LogP contribution in [0.15, 0.2) is 0 Å². The molecule has 0 aromatic carbocycles. The zero-order valence-electron chi connectivity index (χ0n) is 12.0. The van der Waals surface area contributed by atoms with E-state index in [1.807, 2.05) is 0 Å². The Labute approximate surface area is 107 Å². The first-order valence-electron chi connectivity index (χ1n) is 7.15. The van der Waals surface area contributed by atoms with Crippen molar-refractivity contribution in [3.05, 3.63) is 0 Å². The molecular formula is C14H30N2O. The minimum atomic E-state index is 0.586. The van der Waals surface area contributed by atoms with Crippen molar-refractivity contribution in [1.82, 2.24) is 10.2 Å². The summed E-state index contributed by atoms with van der Waals surface area (Å²) in [7, 11) is 0. The molecule has 1 rings (SSSR count). The third kappa shape index (κ3) is 5.84. The van der Waals surface area contributed by atoms with E-state index >= 15 is 0 Å². The van der Waals surface area contributed by atoms with Crippen molar-refractivity contribution >= 4 is 0 Å². The smallest absolute Gasteiger partial charge is 0.0619 e. The Bertz CT molecular complexity index is 197. The number of rotatable bonds is 7. The van der Waals surface area contributed by atoms with Crippen LogP contribution in [0.2, 0.25) is 0 Å². The molecule has 17 heavy (non-hydrogen) atoms. The maximum Gasteiger partial charge on any atom is 0.0619 e. The number of ether oxygens (including phenoxy) is 1. The fraction of sp³-hybridized carbons (Fsp3) is 1.00. The summed E-state index contributed by atoms with van der Waals surface area (Å²) in [5.41, 5.74) is 0. The van der Waals surface area contributed by atoms with Crippen molar-refractivity contribution in [3.63, 3.8) is 0 Å². The molecule has 1 aliphatic rings. The highest BCUT2D eigenvalue weighted by Gasteiger charge is 2.22. The van der Waals surface area contributed by atoms with Crippen molar-refractivity contribution < 1.29 is 4.74 Å². The molecule has 3 nitrogen and oxygen atoms in total. The van der Waals surface area contributed by atoms with Crippen LogP contribution in [0, 0.1) is 5.92 Å². The summed E-state index contributed by atoms with van der Waals surface area (Å²) < 4.78 is 5.48. The van der Waals surface area contributed by atoms with Gasteiger partial charge in [0.25, 0.3) is 0 Å². The van der Waals surface area contributed by atoms with Crippen LogP contribution in [0.3, 0.4) is 0 Å². The number of hydrogen-bond donors (Lipinski definition) is 1. The molecule has 0 spiro atoms. The van der Waals surface area contributed by atoms with E-state index in [1.54, 1.807) is 0 Å². The van der Waals surface area contributed by atoms with Crippen molar-refractivity contribution in [1.29, 1.82) is 0 Å². The molecule has 0 bridgehead atoms. The summed E-state index contributed by atoms with van der Waals surface area (Å²) >= 11 is 0. The van der Waals surface area contributed by atoms with Gasteiger partial charge in [0.15, 0.2) is 0 Å². The second-order valence-electron chi connectivity index (χ2n) is 5.75. The Balaban J connectivity index is 2.09. The van der Waals surface area contributed by atoms with Crippen molar-refractivity contribution in [2.24, 2.45) is 5.92 Å². The largest absolute Gasteiger partial charge is 0.379 e. The molecule has 0 saturated carbocycles. The molecule has 1 heterocycles. The summed E-state index contributed by atoms with van der Waals surface area (Å²) in [6.45, 7) is 14.3. The molecule has 1 saturated heterocycles. The van der Waals surface area contributed by atoms with Gasteiger partial charge in [0.05, 0.1) is 13.2 Å². The summed E-state index contributed by atoms with van der Waals surface area (Å²) in [5.74, 6) is 0.756. The minimum Gasteiger partial charge on any atom is -0.379 e. The number of nitrogens with one attached hydrogen (secondary N) is 1. The SMILES string of the molecule is CC(C)CNCCCC(C)N1CCOCC1C. The van der Waals surface area contributed by atoms with Crippen LogP contribution in [0.1, 0.15) is 40.5 Å². The predicted molar refractivity (Wildman–Crippen MR) is 73.4 cm³/mol. The highest BCUT2D eigenvalue weighted by Crippen LogP contribution is 2.14. The molecule has 0 amide bonds. The van der Waals surface area contributed by atoms with Gasteiger partial charge in [-0.2, -0.15) is 0 Å². The van der Waals surface area contributed by atoms with E-state index < -0.39 is 0 Å². The molecule has 2 atom stereocenters. The Kier molecular flexibility index (Phi) is 7.09. The highest BCUT2D eigenvalue weighted by atomic mass is 16.5. The summed E-state index contributed by atoms with van der Waals surface area (Å²) in [6, 6.07) is 1.28. The van der Waals surface area contributed by atoms with Crippen molar-refractivity contribution in [2.75, 3.05) is 32.8 Å². The molecule has 1 fully saturated rings. The van der Waals surface area contributed by atoms with Crippen LogP contribution in [0.5, 0.6) is 0 Å². The lowest BCUT2D eigenvalue weighted by molar-refractivity contribution is -0.0201. The summed E-state index contributed by atoms with van der Waals surface area (Å²) in [5, 5.41) is 3.51. The van der Waals surface area contributed by atoms with Crippen LogP contribution < -0.4 is 5.32 Å². The molecule has 1 aliphatic heterocycles. The number of morpholine rings is 1. The molecule has 0 aromatic heterocycles. The van der Waals surface area contributed by atoms with E-state index in [-0.39, 0.29) is 0 Å². The van der Waals surface area contributed by atoms with Crippen LogP contribution >= 0.6 is 0 Å². The summed E-state index contributed by atoms with van der Waals surface area (Å²) in [4.78, 5) is 2.59. The Morgan fingerprint density at radius 1 is 1.35 bits per heavy atom. The van der Waals surface area contributed by atoms with Gasteiger partial charge >= 0.3 is 0 Å². The standard InChI is InChI=1S/C14H30N2O/c1-12(2)10-15-7-5-6-13(3)16-8-9-17-11-14(16)4/h12-15H,5-11H2,1-4H3. The Morgan fingerprint density at radius 3 is 2.76 bits per heavy atom. The molecule has 2 unspecified atom stereocenters. The van der Waals surface area contributed by atoms with Gasteiger partial charge in [-0.05, 0) is 45.7 Å². The zero-order valence-corrected chi connectivity index (χ0v) is 12.0. The van der Waals surface area contributed by atoms with Crippen molar-refractivity contribution in [2.45, 2.75) is 52.6 Å². The molecule has 1 N–H and O–H groups in total. The van der Waals surface area contributed by atoms with Gasteiger partial charge in [-0.25, -0.2) is 0 Å². The average molecular weight is 242 g/mol. The Hall–Kier alpha value is -0.120. The first-order valence-corrected chi connectivity index (χ1v) is 7.15. The van der Waals surface area contributed by atoms with Gasteiger partial charge in [0, 0.05) is 18.6 Å². The minimum absolute atomic E-state index is 0.586. The van der Waals surface area contributed by atoms with Gasteiger partial charge in [0.2, 0.25) is 0 Å². The summed E-state index contributed by atoms with van der Waals surface area (Å²) in [6.07, 6.45) is 2.56. The van der Waals surface area contributed by atoms with E-state index in [2.05, 4.69) is 37.9 Å². The fourth-order valence-electron chi connectivity index (χ4n) is 2.47. The molecule has 0 aromatic rings. The normalized spacial score (nSPS) is 24.2. The van der Waals surface area contributed by atoms with E-state index in [9.17, 15) is 0 Å². The van der Waals surface area contributed by atoms with E-state index in [1.165, 1.54) is 12.8 Å². The maximum atomic E-state index is 5.48. The molecule has 3 heteroatoms. The monoisotopic (exact) mass is 242 g/mol. The molecule has 0 radical (unpaired) electrons. The van der Waals surface area contributed by atoms with Gasteiger partial charge < -0.3 is 10.1 Å². The quantitative estimate of drug-likeness (QED) is 0.692. The van der Waals surface area contributed by atoms with Gasteiger partial charge in [-0.1, -0.05) is 13.8 Å². The van der Waals surface area contributed by atoms with Gasteiger partial charge in [0.1, 0.15) is 0 Å². The zero-order chi connectivity index (χ0) is 12.7. The van der Waals surface area contributed by atoms with Crippen LogP contribution in [0.25, 0.3) is 0 Å². The molecule has 0 aliphatic carbocycles. The fourth-order valence-corrected chi connectivity index (χ4v) is 2.47. The lowest BCUT2D eigenvalue weighted by Gasteiger charge is -2.38. The average Bonchev–Trinajstić information content (AvgIpc) is 2.28. The first kappa shape index (κ1) is 14.9. The lowest BCUT2D eigenvalue weighted by atomic mass is 10.1. The van der Waals surface area contributed by atoms with E-state index in [4.69, 9.17) is 4.74 Å². The number of hydrogen-bond acceptors (Lipinski definition) is 3. The van der Waals surface area contributed by atoms with Gasteiger partial charge in [-0.15, -0.1) is 0 Å². The first-order chi connectivity index (χ1) is 8.11. The molecule has 102 valence electrons. The second-order valence-corrected chi connectivity index (χ2v) is 5.75. The van der Waals surface area contributed by atoms with Crippen LogP contribution in [-0.4, -0.2) is 49.8 Å². The van der Waals surface area contributed by atoms with Gasteiger partial charge in [-0.3, -0.25) is 4.90 Å². The highest BCUT2D eigenvalue weighted by molar-refractivity contribution is 4.76. The van der Waals surface area contributed by atoms with E-state index in [0.717, 1.165) is 38.8 Å². The predicted octanol–water partition coefficient (Wildman–Crippen LogP) is 2.12. The van der Waals surface area contributed by atoms with Crippen molar-refractivity contribution in [3.8, 4) is 0 Å². The lowest BCUT2D eigenvalue weighted by Crippen LogP contribution is -2.48. The third-order valence-corrected chi connectivity index (χ3v) is 3.51. The third-order valence-electron chi connectivity index (χ3n) is 3.51. The second kappa shape index (κ2) is 8.06. The maximum absolute atomic E-state index is 5.48. The number of nitrogens with zero attached hydrogens (tertiary/aromatic N) is 1. The Morgan fingerprint density at radius 2 is 2.12 bits per heavy atom. The van der Waals surface area contributed by atoms with Crippen LogP contribution in [0.4, 0.5) is 0 Å². The molecular weight excluding hydrogens is 212 g/mol. The topological polar surface area (TPSA) is 24.5 Å². The van der Waals surface area contributed by atoms with E-state index in [0.29, 0.717) is 12.1 Å². The van der Waals surface area contributed by atoms with Crippen LogP contribution in [-0.2, 0) is 4.74 Å².